The van der Waals surface area contributed by atoms with Crippen LogP contribution in [0.1, 0.15) is 11.1 Å². The zero-order valence-electron chi connectivity index (χ0n) is 6.14. The Hall–Kier alpha value is -1.27. The molecule has 0 aliphatic rings. The number of nitrogens with two attached hydrogens (primary N) is 1. The summed E-state index contributed by atoms with van der Waals surface area (Å²) in [5, 5.41) is 8.47. The predicted molar refractivity (Wildman–Crippen MR) is 45.1 cm³/mol. The lowest BCUT2D eigenvalue weighted by molar-refractivity contribution is 0.613. The van der Waals surface area contributed by atoms with E-state index in [4.69, 9.17) is 22.6 Å². The van der Waals surface area contributed by atoms with Crippen LogP contribution in [0.3, 0.4) is 0 Å². The normalized spacial score (nSPS) is 9.42. The first kappa shape index (κ1) is 8.82. The molecular formula is C8H6ClFN2. The lowest BCUT2D eigenvalue weighted by Crippen LogP contribution is -1.95. The fourth-order valence-corrected chi connectivity index (χ4v) is 1.08. The Kier molecular flexibility index (Phi) is 2.51. The van der Waals surface area contributed by atoms with Crippen LogP contribution < -0.4 is 5.73 Å². The summed E-state index contributed by atoms with van der Waals surface area (Å²) in [6.07, 6.45) is 0. The largest absolute Gasteiger partial charge is 0.399 e. The molecular weight excluding hydrogens is 179 g/mol. The van der Waals surface area contributed by atoms with Crippen molar-refractivity contribution in [1.82, 2.24) is 0 Å². The first-order chi connectivity index (χ1) is 5.69. The van der Waals surface area contributed by atoms with Gasteiger partial charge in [0, 0.05) is 11.3 Å². The van der Waals surface area contributed by atoms with E-state index in [9.17, 15) is 4.39 Å². The zero-order valence-corrected chi connectivity index (χ0v) is 6.90. The molecule has 1 aromatic rings. The molecule has 0 aromatic heterocycles. The van der Waals surface area contributed by atoms with Gasteiger partial charge in [-0.25, -0.2) is 4.39 Å². The summed E-state index contributed by atoms with van der Waals surface area (Å²) in [5.74, 6) is -0.562. The third-order valence-electron chi connectivity index (χ3n) is 1.43. The minimum atomic E-state index is -0.582. The Morgan fingerprint density at radius 2 is 2.25 bits per heavy atom. The number of halogens is 2. The van der Waals surface area contributed by atoms with Crippen LogP contribution >= 0.6 is 11.6 Å². The van der Waals surface area contributed by atoms with E-state index in [0.29, 0.717) is 5.69 Å². The second-order valence-corrected chi connectivity index (χ2v) is 2.55. The lowest BCUT2D eigenvalue weighted by Gasteiger charge is -2.01. The first-order valence-corrected chi connectivity index (χ1v) is 3.76. The third kappa shape index (κ3) is 1.49. The van der Waals surface area contributed by atoms with Gasteiger partial charge in [0.05, 0.1) is 11.4 Å². The van der Waals surface area contributed by atoms with Crippen molar-refractivity contribution in [2.45, 2.75) is 5.88 Å². The van der Waals surface area contributed by atoms with Crippen LogP contribution in [0.2, 0.25) is 0 Å². The van der Waals surface area contributed by atoms with Crippen LogP contribution in [0.5, 0.6) is 0 Å². The van der Waals surface area contributed by atoms with Gasteiger partial charge >= 0.3 is 0 Å². The summed E-state index contributed by atoms with van der Waals surface area (Å²) >= 11 is 5.43. The summed E-state index contributed by atoms with van der Waals surface area (Å²) in [4.78, 5) is 0. The fourth-order valence-electron chi connectivity index (χ4n) is 0.888. The molecule has 0 amide bonds. The Labute approximate surface area is 74.4 Å². The van der Waals surface area contributed by atoms with Crippen molar-refractivity contribution in [2.75, 3.05) is 5.73 Å². The first-order valence-electron chi connectivity index (χ1n) is 3.23. The lowest BCUT2D eigenvalue weighted by atomic mass is 10.1. The number of alkyl halides is 1. The topological polar surface area (TPSA) is 49.8 Å². The summed E-state index contributed by atoms with van der Waals surface area (Å²) < 4.78 is 13.1. The highest BCUT2D eigenvalue weighted by Gasteiger charge is 2.07. The number of benzene rings is 1. The molecule has 0 aliphatic heterocycles. The monoisotopic (exact) mass is 184 g/mol. The van der Waals surface area contributed by atoms with E-state index >= 15 is 0 Å². The van der Waals surface area contributed by atoms with Crippen molar-refractivity contribution < 1.29 is 4.39 Å². The molecule has 0 saturated heterocycles. The van der Waals surface area contributed by atoms with Gasteiger partial charge in [-0.3, -0.25) is 0 Å². The molecule has 12 heavy (non-hydrogen) atoms. The van der Waals surface area contributed by atoms with Gasteiger partial charge in [0.25, 0.3) is 0 Å². The predicted octanol–water partition coefficient (Wildman–Crippen LogP) is 2.02. The van der Waals surface area contributed by atoms with Crippen molar-refractivity contribution in [3.8, 4) is 6.07 Å². The SMILES string of the molecule is N#Cc1cc(N)cc(CCl)c1F. The van der Waals surface area contributed by atoms with Gasteiger partial charge in [-0.05, 0) is 12.1 Å². The van der Waals surface area contributed by atoms with Crippen molar-refractivity contribution in [1.29, 1.82) is 5.26 Å². The minimum Gasteiger partial charge on any atom is -0.399 e. The Balaban J connectivity index is 3.34. The number of nitrogens with zero attached hydrogens (tertiary/aromatic N) is 1. The molecule has 1 rings (SSSR count). The Morgan fingerprint density at radius 1 is 1.58 bits per heavy atom. The molecule has 0 bridgehead atoms. The van der Waals surface area contributed by atoms with Crippen molar-refractivity contribution >= 4 is 17.3 Å². The average Bonchev–Trinajstić information content (AvgIpc) is 2.08. The molecule has 2 nitrogen and oxygen atoms in total. The highest BCUT2D eigenvalue weighted by atomic mass is 35.5. The van der Waals surface area contributed by atoms with Gasteiger partial charge in [-0.2, -0.15) is 5.26 Å². The van der Waals surface area contributed by atoms with E-state index in [1.165, 1.54) is 12.1 Å². The van der Waals surface area contributed by atoms with E-state index in [1.54, 1.807) is 6.07 Å². The van der Waals surface area contributed by atoms with E-state index in [0.717, 1.165) is 0 Å². The fraction of sp³-hybridized carbons (Fsp3) is 0.125. The summed E-state index contributed by atoms with van der Waals surface area (Å²) in [5.41, 5.74) is 5.95. The van der Waals surface area contributed by atoms with Crippen molar-refractivity contribution in [2.24, 2.45) is 0 Å². The maximum atomic E-state index is 13.1. The van der Waals surface area contributed by atoms with Gasteiger partial charge in [0.2, 0.25) is 0 Å². The van der Waals surface area contributed by atoms with Crippen molar-refractivity contribution in [3.05, 3.63) is 29.1 Å². The van der Waals surface area contributed by atoms with Crippen LogP contribution in [0, 0.1) is 17.1 Å². The smallest absolute Gasteiger partial charge is 0.145 e. The second kappa shape index (κ2) is 3.42. The summed E-state index contributed by atoms with van der Waals surface area (Å²) in [6, 6.07) is 4.40. The molecule has 0 radical (unpaired) electrons. The molecule has 2 N–H and O–H groups in total. The zero-order chi connectivity index (χ0) is 9.14. The second-order valence-electron chi connectivity index (χ2n) is 2.29. The molecule has 0 spiro atoms. The maximum Gasteiger partial charge on any atom is 0.145 e. The van der Waals surface area contributed by atoms with Gasteiger partial charge in [-0.15, -0.1) is 11.6 Å². The van der Waals surface area contributed by atoms with Crippen LogP contribution in [-0.4, -0.2) is 0 Å². The standard InChI is InChI=1S/C8H6ClFN2/c9-3-5-1-7(12)2-6(4-11)8(5)10/h1-2H,3,12H2. The number of anilines is 1. The molecule has 0 unspecified atom stereocenters. The van der Waals surface area contributed by atoms with E-state index in [1.807, 2.05) is 0 Å². The van der Waals surface area contributed by atoms with Crippen LogP contribution in [0.4, 0.5) is 10.1 Å². The molecule has 0 atom stereocenters. The van der Waals surface area contributed by atoms with Gasteiger partial charge in [0.15, 0.2) is 0 Å². The highest BCUT2D eigenvalue weighted by Crippen LogP contribution is 2.18. The van der Waals surface area contributed by atoms with Gasteiger partial charge in [-0.1, -0.05) is 0 Å². The van der Waals surface area contributed by atoms with Crippen LogP contribution in [0.25, 0.3) is 0 Å². The molecule has 0 fully saturated rings. The van der Waals surface area contributed by atoms with E-state index in [-0.39, 0.29) is 17.0 Å². The van der Waals surface area contributed by atoms with Gasteiger partial charge in [0.1, 0.15) is 11.9 Å². The number of hydrogen-bond acceptors (Lipinski definition) is 2. The highest BCUT2D eigenvalue weighted by molar-refractivity contribution is 6.17. The number of nitriles is 1. The maximum absolute atomic E-state index is 13.1. The van der Waals surface area contributed by atoms with Crippen LogP contribution in [-0.2, 0) is 5.88 Å². The number of rotatable bonds is 1. The number of nitrogen functional groups attached to an aromatic ring is 1. The van der Waals surface area contributed by atoms with Crippen LogP contribution in [0.15, 0.2) is 12.1 Å². The third-order valence-corrected chi connectivity index (χ3v) is 1.72. The summed E-state index contributed by atoms with van der Waals surface area (Å²) in [6.45, 7) is 0. The van der Waals surface area contributed by atoms with Crippen molar-refractivity contribution in [3.63, 3.8) is 0 Å². The molecule has 1 aromatic carbocycles. The summed E-state index contributed by atoms with van der Waals surface area (Å²) in [7, 11) is 0. The molecule has 4 heteroatoms. The van der Waals surface area contributed by atoms with E-state index < -0.39 is 5.82 Å². The van der Waals surface area contributed by atoms with E-state index in [2.05, 4.69) is 0 Å². The molecule has 0 aliphatic carbocycles. The Morgan fingerprint density at radius 3 is 2.75 bits per heavy atom. The quantitative estimate of drug-likeness (QED) is 0.536. The number of hydrogen-bond donors (Lipinski definition) is 1. The molecule has 62 valence electrons. The molecule has 0 heterocycles. The van der Waals surface area contributed by atoms with Gasteiger partial charge < -0.3 is 5.73 Å². The minimum absolute atomic E-state index is 0.0194. The Bertz CT molecular complexity index is 344. The molecule has 0 saturated carbocycles. The average molecular weight is 185 g/mol.